The molecular formula is C13H21NO3. The first kappa shape index (κ1) is 12.3. The average Bonchev–Trinajstić information content (AvgIpc) is 2.82. The van der Waals surface area contributed by atoms with Crippen LogP contribution in [0.25, 0.3) is 0 Å². The minimum atomic E-state index is -0.561. The van der Waals surface area contributed by atoms with E-state index in [1.165, 1.54) is 12.7 Å². The highest BCUT2D eigenvalue weighted by atomic mass is 16.7. The molecule has 4 nitrogen and oxygen atoms in total. The van der Waals surface area contributed by atoms with Crippen LogP contribution < -0.4 is 5.73 Å². The molecule has 0 bridgehead atoms. The number of hydrogen-bond donors (Lipinski definition) is 1. The molecule has 1 saturated carbocycles. The lowest BCUT2D eigenvalue weighted by molar-refractivity contribution is -0.165. The van der Waals surface area contributed by atoms with Gasteiger partial charge < -0.3 is 15.2 Å². The van der Waals surface area contributed by atoms with E-state index in [-0.39, 0.29) is 22.9 Å². The second-order valence-electron chi connectivity index (χ2n) is 5.68. The lowest BCUT2D eigenvalue weighted by atomic mass is 9.65. The first-order valence-electron chi connectivity index (χ1n) is 6.25. The summed E-state index contributed by atoms with van der Waals surface area (Å²) in [6.45, 7) is 6.65. The molecule has 17 heavy (non-hydrogen) atoms. The first-order valence-corrected chi connectivity index (χ1v) is 6.25. The maximum absolute atomic E-state index is 11.1. The predicted octanol–water partition coefficient (Wildman–Crippen LogP) is 2.29. The Balaban J connectivity index is 2.20. The van der Waals surface area contributed by atoms with Crippen LogP contribution in [0.4, 0.5) is 0 Å². The summed E-state index contributed by atoms with van der Waals surface area (Å²) in [5, 5.41) is 0. The van der Waals surface area contributed by atoms with Crippen molar-refractivity contribution >= 4 is 5.91 Å². The van der Waals surface area contributed by atoms with E-state index in [4.69, 9.17) is 15.2 Å². The van der Waals surface area contributed by atoms with Crippen molar-refractivity contribution in [2.75, 3.05) is 0 Å². The third kappa shape index (κ3) is 1.70. The smallest absolute Gasteiger partial charge is 0.287 e. The highest BCUT2D eigenvalue weighted by Crippen LogP contribution is 2.58. The predicted molar refractivity (Wildman–Crippen MR) is 63.6 cm³/mol. The van der Waals surface area contributed by atoms with Crippen molar-refractivity contribution in [2.24, 2.45) is 16.6 Å². The van der Waals surface area contributed by atoms with Crippen molar-refractivity contribution < 1.29 is 14.3 Å². The lowest BCUT2D eigenvalue weighted by Gasteiger charge is -2.43. The fourth-order valence-electron chi connectivity index (χ4n) is 3.35. The number of rotatable bonds is 3. The topological polar surface area (TPSA) is 61.5 Å². The molecule has 1 aliphatic heterocycles. The molecule has 0 saturated heterocycles. The van der Waals surface area contributed by atoms with Crippen LogP contribution in [0, 0.1) is 10.8 Å². The first-order chi connectivity index (χ1) is 7.93. The van der Waals surface area contributed by atoms with Crippen molar-refractivity contribution in [1.82, 2.24) is 0 Å². The van der Waals surface area contributed by atoms with Crippen molar-refractivity contribution in [2.45, 2.75) is 52.7 Å². The third-order valence-electron chi connectivity index (χ3n) is 4.63. The van der Waals surface area contributed by atoms with Crippen LogP contribution in [-0.4, -0.2) is 12.2 Å². The van der Waals surface area contributed by atoms with Gasteiger partial charge in [0.2, 0.25) is 12.0 Å². The molecule has 0 radical (unpaired) electrons. The maximum Gasteiger partial charge on any atom is 0.287 e. The summed E-state index contributed by atoms with van der Waals surface area (Å²) in [5.41, 5.74) is 5.33. The summed E-state index contributed by atoms with van der Waals surface area (Å²) in [6.07, 6.45) is 5.38. The summed E-state index contributed by atoms with van der Waals surface area (Å²) >= 11 is 0. The Bertz CT molecular complexity index is 362. The summed E-state index contributed by atoms with van der Waals surface area (Å²) < 4.78 is 11.2. The van der Waals surface area contributed by atoms with E-state index in [9.17, 15) is 4.79 Å². The number of primary amides is 1. The molecule has 1 heterocycles. The van der Waals surface area contributed by atoms with Gasteiger partial charge in [0.25, 0.3) is 5.91 Å². The normalized spacial score (nSPS) is 35.0. The standard InChI is InChI=1S/C13H21NO3/c1-4-13(7-5-6-12(13,2)3)11-16-8-9(17-11)10(14)15/h8,11H,4-7H2,1-3H3,(H2,14,15). The molecule has 2 atom stereocenters. The van der Waals surface area contributed by atoms with Gasteiger partial charge in [-0.3, -0.25) is 4.79 Å². The van der Waals surface area contributed by atoms with E-state index in [2.05, 4.69) is 20.8 Å². The molecule has 2 N–H and O–H groups in total. The molecule has 2 unspecified atom stereocenters. The third-order valence-corrected chi connectivity index (χ3v) is 4.63. The molecule has 0 aromatic carbocycles. The number of hydrogen-bond acceptors (Lipinski definition) is 3. The van der Waals surface area contributed by atoms with Gasteiger partial charge in [-0.05, 0) is 24.7 Å². The van der Waals surface area contributed by atoms with Crippen molar-refractivity contribution in [3.05, 3.63) is 12.0 Å². The molecule has 0 aromatic heterocycles. The van der Waals surface area contributed by atoms with Crippen LogP contribution >= 0.6 is 0 Å². The van der Waals surface area contributed by atoms with Gasteiger partial charge in [0, 0.05) is 5.41 Å². The quantitative estimate of drug-likeness (QED) is 0.822. The molecule has 1 fully saturated rings. The zero-order valence-corrected chi connectivity index (χ0v) is 10.8. The highest BCUT2D eigenvalue weighted by Gasteiger charge is 2.56. The average molecular weight is 239 g/mol. The summed E-state index contributed by atoms with van der Waals surface area (Å²) in [5.74, 6) is -0.417. The fraction of sp³-hybridized carbons (Fsp3) is 0.769. The van der Waals surface area contributed by atoms with Crippen LogP contribution in [0.3, 0.4) is 0 Å². The Morgan fingerprint density at radius 3 is 2.65 bits per heavy atom. The molecule has 0 spiro atoms. The van der Waals surface area contributed by atoms with Gasteiger partial charge in [0.15, 0.2) is 0 Å². The van der Waals surface area contributed by atoms with Crippen LogP contribution in [0.2, 0.25) is 0 Å². The Hall–Kier alpha value is -1.19. The Morgan fingerprint density at radius 2 is 2.24 bits per heavy atom. The van der Waals surface area contributed by atoms with E-state index in [1.54, 1.807) is 0 Å². The zero-order valence-electron chi connectivity index (χ0n) is 10.8. The second kappa shape index (κ2) is 3.93. The number of carbonyl (C=O) groups is 1. The summed E-state index contributed by atoms with van der Waals surface area (Å²) in [6, 6.07) is 0. The number of amides is 1. The molecule has 4 heteroatoms. The molecule has 2 rings (SSSR count). The monoisotopic (exact) mass is 239 g/mol. The van der Waals surface area contributed by atoms with Crippen LogP contribution in [0.1, 0.15) is 46.5 Å². The molecule has 2 aliphatic rings. The molecule has 96 valence electrons. The number of ether oxygens (including phenoxy) is 2. The lowest BCUT2D eigenvalue weighted by Crippen LogP contribution is -2.44. The van der Waals surface area contributed by atoms with Crippen LogP contribution in [0.5, 0.6) is 0 Å². The van der Waals surface area contributed by atoms with Gasteiger partial charge in [-0.15, -0.1) is 0 Å². The van der Waals surface area contributed by atoms with E-state index < -0.39 is 5.91 Å². The Labute approximate surface area is 102 Å². The second-order valence-corrected chi connectivity index (χ2v) is 5.68. The van der Waals surface area contributed by atoms with Gasteiger partial charge in [-0.25, -0.2) is 0 Å². The van der Waals surface area contributed by atoms with Gasteiger partial charge in [-0.1, -0.05) is 27.2 Å². The van der Waals surface area contributed by atoms with Crippen molar-refractivity contribution in [3.63, 3.8) is 0 Å². The minimum Gasteiger partial charge on any atom is -0.458 e. The highest BCUT2D eigenvalue weighted by molar-refractivity contribution is 5.89. The Morgan fingerprint density at radius 1 is 1.53 bits per heavy atom. The molecule has 1 amide bonds. The van der Waals surface area contributed by atoms with E-state index in [1.807, 2.05) is 0 Å². The van der Waals surface area contributed by atoms with Gasteiger partial charge in [-0.2, -0.15) is 0 Å². The summed E-state index contributed by atoms with van der Waals surface area (Å²) in [7, 11) is 0. The van der Waals surface area contributed by atoms with Crippen molar-refractivity contribution in [1.29, 1.82) is 0 Å². The molecular weight excluding hydrogens is 218 g/mol. The van der Waals surface area contributed by atoms with Gasteiger partial charge in [0.1, 0.15) is 6.26 Å². The van der Waals surface area contributed by atoms with E-state index >= 15 is 0 Å². The van der Waals surface area contributed by atoms with Crippen LogP contribution in [0.15, 0.2) is 12.0 Å². The number of nitrogens with two attached hydrogens (primary N) is 1. The maximum atomic E-state index is 11.1. The fourth-order valence-corrected chi connectivity index (χ4v) is 3.35. The largest absolute Gasteiger partial charge is 0.458 e. The SMILES string of the molecule is CCC1(C2OC=C(C(N)=O)O2)CCCC1(C)C. The van der Waals surface area contributed by atoms with Gasteiger partial charge in [0.05, 0.1) is 0 Å². The van der Waals surface area contributed by atoms with E-state index in [0.29, 0.717) is 0 Å². The molecule has 0 aromatic rings. The van der Waals surface area contributed by atoms with Gasteiger partial charge >= 0.3 is 0 Å². The van der Waals surface area contributed by atoms with Crippen LogP contribution in [-0.2, 0) is 14.3 Å². The molecule has 1 aliphatic carbocycles. The minimum absolute atomic E-state index is 0.0271. The van der Waals surface area contributed by atoms with Crippen molar-refractivity contribution in [3.8, 4) is 0 Å². The zero-order chi connectivity index (χ0) is 12.7. The summed E-state index contributed by atoms with van der Waals surface area (Å²) in [4.78, 5) is 11.1. The number of carbonyl (C=O) groups excluding carboxylic acids is 1. The Kier molecular flexibility index (Phi) is 2.84. The van der Waals surface area contributed by atoms with E-state index in [0.717, 1.165) is 19.3 Å².